The van der Waals surface area contributed by atoms with Crippen molar-refractivity contribution in [2.75, 3.05) is 0 Å². The average molecular weight is 270 g/mol. The number of benzene rings is 2. The SMILES string of the molecule is CC(C)Cc1ccc(-c2ccccc2OC(=O)O)cc1. The van der Waals surface area contributed by atoms with Crippen molar-refractivity contribution in [2.24, 2.45) is 5.92 Å². The Labute approximate surface area is 118 Å². The maximum atomic E-state index is 10.7. The molecule has 0 aromatic heterocycles. The van der Waals surface area contributed by atoms with Gasteiger partial charge in [-0.3, -0.25) is 0 Å². The number of carbonyl (C=O) groups is 1. The molecular weight excluding hydrogens is 252 g/mol. The fourth-order valence-corrected chi connectivity index (χ4v) is 2.18. The number of para-hydroxylation sites is 1. The van der Waals surface area contributed by atoms with Crippen LogP contribution in [0.5, 0.6) is 5.75 Å². The first-order chi connectivity index (χ1) is 9.56. The summed E-state index contributed by atoms with van der Waals surface area (Å²) >= 11 is 0. The molecule has 2 rings (SSSR count). The highest BCUT2D eigenvalue weighted by Gasteiger charge is 2.09. The summed E-state index contributed by atoms with van der Waals surface area (Å²) in [5.74, 6) is 0.972. The lowest BCUT2D eigenvalue weighted by molar-refractivity contribution is 0.144. The Bertz CT molecular complexity index is 585. The zero-order valence-electron chi connectivity index (χ0n) is 11.7. The largest absolute Gasteiger partial charge is 0.511 e. The van der Waals surface area contributed by atoms with E-state index in [1.165, 1.54) is 5.56 Å². The van der Waals surface area contributed by atoms with Gasteiger partial charge in [0.2, 0.25) is 0 Å². The van der Waals surface area contributed by atoms with Gasteiger partial charge in [-0.15, -0.1) is 0 Å². The molecule has 0 unspecified atom stereocenters. The summed E-state index contributed by atoms with van der Waals surface area (Å²) in [5.41, 5.74) is 3.01. The van der Waals surface area contributed by atoms with Crippen molar-refractivity contribution in [3.05, 3.63) is 54.1 Å². The third-order valence-electron chi connectivity index (χ3n) is 2.99. The zero-order chi connectivity index (χ0) is 14.5. The lowest BCUT2D eigenvalue weighted by atomic mass is 9.99. The van der Waals surface area contributed by atoms with Gasteiger partial charge in [0.05, 0.1) is 0 Å². The summed E-state index contributed by atoms with van der Waals surface area (Å²) < 4.78 is 4.81. The van der Waals surface area contributed by atoms with E-state index in [4.69, 9.17) is 9.84 Å². The molecule has 0 radical (unpaired) electrons. The van der Waals surface area contributed by atoms with Crippen LogP contribution in [-0.2, 0) is 6.42 Å². The van der Waals surface area contributed by atoms with Crippen molar-refractivity contribution in [1.29, 1.82) is 0 Å². The summed E-state index contributed by atoms with van der Waals surface area (Å²) in [6, 6.07) is 15.3. The smallest absolute Gasteiger partial charge is 0.449 e. The second kappa shape index (κ2) is 6.24. The zero-order valence-corrected chi connectivity index (χ0v) is 11.7. The molecule has 0 aliphatic rings. The molecule has 3 nitrogen and oxygen atoms in total. The minimum absolute atomic E-state index is 0.358. The molecule has 0 aliphatic heterocycles. The fourth-order valence-electron chi connectivity index (χ4n) is 2.18. The van der Waals surface area contributed by atoms with Gasteiger partial charge in [0.1, 0.15) is 5.75 Å². The van der Waals surface area contributed by atoms with Gasteiger partial charge in [-0.05, 0) is 29.5 Å². The normalized spacial score (nSPS) is 10.6. The quantitative estimate of drug-likeness (QED) is 0.652. The van der Waals surface area contributed by atoms with E-state index < -0.39 is 6.16 Å². The van der Waals surface area contributed by atoms with Crippen LogP contribution < -0.4 is 4.74 Å². The fraction of sp³-hybridized carbons (Fsp3) is 0.235. The third-order valence-corrected chi connectivity index (χ3v) is 2.99. The maximum Gasteiger partial charge on any atom is 0.511 e. The van der Waals surface area contributed by atoms with Crippen molar-refractivity contribution in [3.63, 3.8) is 0 Å². The van der Waals surface area contributed by atoms with E-state index in [1.54, 1.807) is 12.1 Å². The molecule has 2 aromatic carbocycles. The van der Waals surface area contributed by atoms with Crippen LogP contribution in [0.25, 0.3) is 11.1 Å². The highest BCUT2D eigenvalue weighted by Crippen LogP contribution is 2.30. The Morgan fingerprint density at radius 1 is 1.10 bits per heavy atom. The molecule has 0 spiro atoms. The molecule has 3 heteroatoms. The van der Waals surface area contributed by atoms with Crippen molar-refractivity contribution in [1.82, 2.24) is 0 Å². The Morgan fingerprint density at radius 2 is 1.75 bits per heavy atom. The van der Waals surface area contributed by atoms with E-state index in [2.05, 4.69) is 26.0 Å². The Morgan fingerprint density at radius 3 is 2.35 bits per heavy atom. The third kappa shape index (κ3) is 3.60. The number of hydrogen-bond donors (Lipinski definition) is 1. The maximum absolute atomic E-state index is 10.7. The first-order valence-corrected chi connectivity index (χ1v) is 6.65. The van der Waals surface area contributed by atoms with E-state index in [1.807, 2.05) is 24.3 Å². The summed E-state index contributed by atoms with van der Waals surface area (Å²) in [4.78, 5) is 10.7. The molecule has 0 aliphatic carbocycles. The molecule has 0 amide bonds. The number of rotatable bonds is 4. The van der Waals surface area contributed by atoms with Crippen LogP contribution in [0, 0.1) is 5.92 Å². The summed E-state index contributed by atoms with van der Waals surface area (Å²) in [6.07, 6.45) is -0.262. The molecule has 104 valence electrons. The Kier molecular flexibility index (Phi) is 4.41. The topological polar surface area (TPSA) is 46.5 Å². The van der Waals surface area contributed by atoms with Crippen molar-refractivity contribution in [3.8, 4) is 16.9 Å². The summed E-state index contributed by atoms with van der Waals surface area (Å²) in [6.45, 7) is 4.37. The second-order valence-electron chi connectivity index (χ2n) is 5.16. The van der Waals surface area contributed by atoms with E-state index in [0.29, 0.717) is 11.7 Å². The first-order valence-electron chi connectivity index (χ1n) is 6.65. The number of carboxylic acid groups (broad SMARTS) is 1. The second-order valence-corrected chi connectivity index (χ2v) is 5.16. The molecule has 2 aromatic rings. The monoisotopic (exact) mass is 270 g/mol. The van der Waals surface area contributed by atoms with Gasteiger partial charge in [0.25, 0.3) is 0 Å². The van der Waals surface area contributed by atoms with Crippen molar-refractivity contribution in [2.45, 2.75) is 20.3 Å². The lowest BCUT2D eigenvalue weighted by Gasteiger charge is -2.09. The van der Waals surface area contributed by atoms with Gasteiger partial charge in [0.15, 0.2) is 0 Å². The van der Waals surface area contributed by atoms with Crippen LogP contribution in [0.15, 0.2) is 48.5 Å². The lowest BCUT2D eigenvalue weighted by Crippen LogP contribution is -2.04. The predicted octanol–water partition coefficient (Wildman–Crippen LogP) is 4.61. The molecule has 0 saturated heterocycles. The molecule has 1 N–H and O–H groups in total. The highest BCUT2D eigenvalue weighted by molar-refractivity contribution is 5.74. The van der Waals surface area contributed by atoms with Crippen LogP contribution in [0.3, 0.4) is 0 Å². The van der Waals surface area contributed by atoms with Crippen LogP contribution in [0.1, 0.15) is 19.4 Å². The van der Waals surface area contributed by atoms with Crippen LogP contribution >= 0.6 is 0 Å². The van der Waals surface area contributed by atoms with Gasteiger partial charge in [-0.1, -0.05) is 56.3 Å². The van der Waals surface area contributed by atoms with Gasteiger partial charge in [-0.25, -0.2) is 4.79 Å². The first kappa shape index (κ1) is 14.1. The molecule has 0 saturated carbocycles. The van der Waals surface area contributed by atoms with Crippen LogP contribution in [-0.4, -0.2) is 11.3 Å². The van der Waals surface area contributed by atoms with E-state index in [9.17, 15) is 4.79 Å². The van der Waals surface area contributed by atoms with Gasteiger partial charge < -0.3 is 9.84 Å². The van der Waals surface area contributed by atoms with Crippen LogP contribution in [0.4, 0.5) is 4.79 Å². The van der Waals surface area contributed by atoms with Gasteiger partial charge in [0, 0.05) is 5.56 Å². The van der Waals surface area contributed by atoms with Crippen LogP contribution in [0.2, 0.25) is 0 Å². The summed E-state index contributed by atoms with van der Waals surface area (Å²) in [7, 11) is 0. The minimum atomic E-state index is -1.30. The molecule has 0 bridgehead atoms. The van der Waals surface area contributed by atoms with E-state index >= 15 is 0 Å². The molecule has 20 heavy (non-hydrogen) atoms. The number of hydrogen-bond acceptors (Lipinski definition) is 2. The summed E-state index contributed by atoms with van der Waals surface area (Å²) in [5, 5.41) is 8.76. The van der Waals surface area contributed by atoms with E-state index in [0.717, 1.165) is 17.5 Å². The molecular formula is C17H18O3. The standard InChI is InChI=1S/C17H18O3/c1-12(2)11-13-7-9-14(10-8-13)15-5-3-4-6-16(15)20-17(18)19/h3-10,12H,11H2,1-2H3,(H,18,19). The van der Waals surface area contributed by atoms with Gasteiger partial charge in [-0.2, -0.15) is 0 Å². The minimum Gasteiger partial charge on any atom is -0.449 e. The molecule has 0 heterocycles. The van der Waals surface area contributed by atoms with Gasteiger partial charge >= 0.3 is 6.16 Å². The van der Waals surface area contributed by atoms with E-state index in [-0.39, 0.29) is 0 Å². The molecule has 0 atom stereocenters. The van der Waals surface area contributed by atoms with Crippen molar-refractivity contribution >= 4 is 6.16 Å². The highest BCUT2D eigenvalue weighted by atomic mass is 16.7. The average Bonchev–Trinajstić information content (AvgIpc) is 2.39. The number of ether oxygens (including phenoxy) is 1. The Hall–Kier alpha value is -2.29. The Balaban J connectivity index is 2.29. The predicted molar refractivity (Wildman–Crippen MR) is 79.1 cm³/mol. The molecule has 0 fully saturated rings. The van der Waals surface area contributed by atoms with Crippen molar-refractivity contribution < 1.29 is 14.6 Å².